The van der Waals surface area contributed by atoms with Crippen LogP contribution in [0, 0.1) is 0 Å². The Morgan fingerprint density at radius 2 is 2.16 bits per heavy atom. The lowest BCUT2D eigenvalue weighted by molar-refractivity contribution is -0.882. The van der Waals surface area contributed by atoms with Gasteiger partial charge in [-0.25, -0.2) is 0 Å². The molecule has 0 aliphatic carbocycles. The molecule has 1 saturated heterocycles. The van der Waals surface area contributed by atoms with Crippen molar-refractivity contribution in [3.63, 3.8) is 0 Å². The van der Waals surface area contributed by atoms with E-state index >= 15 is 0 Å². The minimum absolute atomic E-state index is 0. The predicted molar refractivity (Wildman–Crippen MR) is 66.0 cm³/mol. The summed E-state index contributed by atoms with van der Waals surface area (Å²) < 4.78 is 10.5. The van der Waals surface area contributed by atoms with Gasteiger partial charge in [-0.15, -0.1) is 0 Å². The first-order chi connectivity index (χ1) is 8.74. The summed E-state index contributed by atoms with van der Waals surface area (Å²) in [6, 6.07) is 5.54. The van der Waals surface area contributed by atoms with Crippen LogP contribution in [0.5, 0.6) is 11.5 Å². The van der Waals surface area contributed by atoms with Crippen molar-refractivity contribution in [2.45, 2.75) is 18.9 Å². The van der Waals surface area contributed by atoms with Gasteiger partial charge in [0.05, 0.1) is 13.6 Å². The number of likely N-dealkylation sites (N-methyl/N-ethyl adjacent to an activating group) is 1. The Morgan fingerprint density at radius 3 is 2.89 bits per heavy atom. The van der Waals surface area contributed by atoms with Crippen molar-refractivity contribution in [2.75, 3.05) is 25.7 Å². The normalized spacial score (nSPS) is 23.8. The monoisotopic (exact) mass is 284 g/mol. The number of rotatable bonds is 2. The van der Waals surface area contributed by atoms with Crippen molar-refractivity contribution in [3.8, 4) is 11.5 Å². The molecule has 1 aromatic rings. The molecule has 104 valence electrons. The predicted octanol–water partition coefficient (Wildman–Crippen LogP) is -2.97. The molecular weight excluding hydrogens is 268 g/mol. The number of hydrogen-bond acceptors (Lipinski definition) is 3. The summed E-state index contributed by atoms with van der Waals surface area (Å²) in [5.41, 5.74) is 0.768. The Bertz CT molecular complexity index is 481. The molecule has 6 heteroatoms. The SMILES string of the molecule is C[NH+]1CCCC1C(=O)Nc1ccc2c(c1)OCO2.[Cl-]. The van der Waals surface area contributed by atoms with Crippen LogP contribution in [-0.4, -0.2) is 32.3 Å². The van der Waals surface area contributed by atoms with Crippen LogP contribution in [0.3, 0.4) is 0 Å². The molecule has 1 amide bonds. The first-order valence-corrected chi connectivity index (χ1v) is 6.27. The summed E-state index contributed by atoms with van der Waals surface area (Å²) in [5.74, 6) is 1.51. The minimum atomic E-state index is 0. The molecule has 1 aromatic carbocycles. The van der Waals surface area contributed by atoms with Crippen LogP contribution in [0.25, 0.3) is 0 Å². The van der Waals surface area contributed by atoms with E-state index in [0.29, 0.717) is 5.75 Å². The molecule has 5 nitrogen and oxygen atoms in total. The maximum Gasteiger partial charge on any atom is 0.282 e. The van der Waals surface area contributed by atoms with E-state index in [9.17, 15) is 4.79 Å². The standard InChI is InChI=1S/C13H16N2O3.ClH/c1-15-6-2-3-10(15)13(16)14-9-4-5-11-12(7-9)18-8-17-11;/h4-5,7,10H,2-3,6,8H2,1H3,(H,14,16);1H. The number of quaternary nitrogens is 1. The topological polar surface area (TPSA) is 52.0 Å². The van der Waals surface area contributed by atoms with Crippen LogP contribution in [0.4, 0.5) is 5.69 Å². The van der Waals surface area contributed by atoms with Gasteiger partial charge in [-0.1, -0.05) is 0 Å². The molecule has 19 heavy (non-hydrogen) atoms. The number of benzene rings is 1. The Labute approximate surface area is 118 Å². The van der Waals surface area contributed by atoms with E-state index in [1.54, 1.807) is 0 Å². The third-order valence-electron chi connectivity index (χ3n) is 3.62. The van der Waals surface area contributed by atoms with Gasteiger partial charge in [0.15, 0.2) is 17.5 Å². The zero-order valence-electron chi connectivity index (χ0n) is 10.7. The van der Waals surface area contributed by atoms with E-state index in [-0.39, 0.29) is 31.1 Å². The Morgan fingerprint density at radius 1 is 1.37 bits per heavy atom. The average molecular weight is 285 g/mol. The van der Waals surface area contributed by atoms with Crippen LogP contribution >= 0.6 is 0 Å². The second kappa shape index (κ2) is 5.67. The zero-order valence-corrected chi connectivity index (χ0v) is 11.5. The molecule has 0 radical (unpaired) electrons. The number of anilines is 1. The van der Waals surface area contributed by atoms with E-state index in [1.165, 1.54) is 4.90 Å². The molecular formula is C13H17ClN2O3. The average Bonchev–Trinajstić information content (AvgIpc) is 2.96. The van der Waals surface area contributed by atoms with Crippen molar-refractivity contribution in [3.05, 3.63) is 18.2 Å². The van der Waals surface area contributed by atoms with Gasteiger partial charge in [0.2, 0.25) is 6.79 Å². The van der Waals surface area contributed by atoms with Gasteiger partial charge >= 0.3 is 0 Å². The highest BCUT2D eigenvalue weighted by atomic mass is 35.5. The minimum Gasteiger partial charge on any atom is -1.00 e. The molecule has 2 aliphatic rings. The Hall–Kier alpha value is -1.46. The summed E-state index contributed by atoms with van der Waals surface area (Å²) in [5, 5.41) is 2.95. The molecule has 0 aromatic heterocycles. The van der Waals surface area contributed by atoms with Gasteiger partial charge in [0.1, 0.15) is 0 Å². The van der Waals surface area contributed by atoms with Crippen LogP contribution in [-0.2, 0) is 4.79 Å². The highest BCUT2D eigenvalue weighted by Crippen LogP contribution is 2.34. The second-order valence-corrected chi connectivity index (χ2v) is 4.85. The number of hydrogen-bond donors (Lipinski definition) is 2. The van der Waals surface area contributed by atoms with Crippen molar-refractivity contribution in [1.29, 1.82) is 0 Å². The highest BCUT2D eigenvalue weighted by molar-refractivity contribution is 5.94. The van der Waals surface area contributed by atoms with E-state index < -0.39 is 0 Å². The summed E-state index contributed by atoms with van der Waals surface area (Å²) in [7, 11) is 2.07. The summed E-state index contributed by atoms with van der Waals surface area (Å²) in [6.07, 6.45) is 2.08. The number of fused-ring (bicyclic) bond motifs is 1. The van der Waals surface area contributed by atoms with E-state index in [1.807, 2.05) is 18.2 Å². The smallest absolute Gasteiger partial charge is 0.282 e. The first kappa shape index (κ1) is 14.0. The Kier molecular flexibility index (Phi) is 4.17. The molecule has 0 bridgehead atoms. The fourth-order valence-corrected chi connectivity index (χ4v) is 2.56. The van der Waals surface area contributed by atoms with Crippen molar-refractivity contribution in [2.24, 2.45) is 0 Å². The van der Waals surface area contributed by atoms with Gasteiger partial charge in [-0.2, -0.15) is 0 Å². The lowest BCUT2D eigenvalue weighted by Crippen LogP contribution is -3.12. The number of carbonyl (C=O) groups excluding carboxylic acids is 1. The van der Waals surface area contributed by atoms with E-state index in [2.05, 4.69) is 12.4 Å². The van der Waals surface area contributed by atoms with E-state index in [0.717, 1.165) is 30.8 Å². The van der Waals surface area contributed by atoms with Crippen LogP contribution in [0.15, 0.2) is 18.2 Å². The number of ether oxygens (including phenoxy) is 2. The lowest BCUT2D eigenvalue weighted by Gasteiger charge is -2.16. The van der Waals surface area contributed by atoms with Crippen molar-refractivity contribution >= 4 is 11.6 Å². The van der Waals surface area contributed by atoms with Crippen LogP contribution < -0.4 is 32.1 Å². The molecule has 0 spiro atoms. The third-order valence-corrected chi connectivity index (χ3v) is 3.62. The molecule has 2 heterocycles. The molecule has 0 saturated carbocycles. The summed E-state index contributed by atoms with van der Waals surface area (Å²) in [4.78, 5) is 13.4. The maximum absolute atomic E-state index is 12.1. The lowest BCUT2D eigenvalue weighted by atomic mass is 10.2. The van der Waals surface area contributed by atoms with Crippen molar-refractivity contribution < 1.29 is 31.6 Å². The van der Waals surface area contributed by atoms with Gasteiger partial charge in [0.25, 0.3) is 5.91 Å². The molecule has 1 fully saturated rings. The number of likely N-dealkylation sites (tertiary alicyclic amines) is 1. The van der Waals surface area contributed by atoms with Crippen molar-refractivity contribution in [1.82, 2.24) is 0 Å². The number of carbonyl (C=O) groups is 1. The highest BCUT2D eigenvalue weighted by Gasteiger charge is 2.31. The molecule has 2 N–H and O–H groups in total. The van der Waals surface area contributed by atoms with Gasteiger partial charge in [0, 0.05) is 24.6 Å². The molecule has 2 unspecified atom stereocenters. The number of amides is 1. The second-order valence-electron chi connectivity index (χ2n) is 4.85. The zero-order chi connectivity index (χ0) is 12.5. The van der Waals surface area contributed by atoms with E-state index in [4.69, 9.17) is 9.47 Å². The van der Waals surface area contributed by atoms with Gasteiger partial charge in [-0.05, 0) is 12.1 Å². The quantitative estimate of drug-likeness (QED) is 0.610. The fraction of sp³-hybridized carbons (Fsp3) is 0.462. The van der Waals surface area contributed by atoms with Crippen LogP contribution in [0.2, 0.25) is 0 Å². The van der Waals surface area contributed by atoms with Crippen LogP contribution in [0.1, 0.15) is 12.8 Å². The first-order valence-electron chi connectivity index (χ1n) is 6.27. The summed E-state index contributed by atoms with van der Waals surface area (Å²) >= 11 is 0. The molecule has 3 rings (SSSR count). The van der Waals surface area contributed by atoms with Gasteiger partial charge in [-0.3, -0.25) is 4.79 Å². The number of nitrogens with one attached hydrogen (secondary N) is 2. The maximum atomic E-state index is 12.1. The molecule has 2 atom stereocenters. The Balaban J connectivity index is 0.00000133. The largest absolute Gasteiger partial charge is 1.00 e. The molecule has 2 aliphatic heterocycles. The third kappa shape index (κ3) is 2.77. The van der Waals surface area contributed by atoms with Gasteiger partial charge < -0.3 is 32.1 Å². The summed E-state index contributed by atoms with van der Waals surface area (Å²) in [6.45, 7) is 1.32. The number of halogens is 1. The fourth-order valence-electron chi connectivity index (χ4n) is 2.56.